The van der Waals surface area contributed by atoms with Gasteiger partial charge < -0.3 is 29.1 Å². The highest BCUT2D eigenvalue weighted by molar-refractivity contribution is 5.77. The van der Waals surface area contributed by atoms with E-state index in [1.54, 1.807) is 19.6 Å². The number of rotatable bonds is 2. The molecular formula is C25H48N4O6. The van der Waals surface area contributed by atoms with Crippen molar-refractivity contribution in [2.45, 2.75) is 86.9 Å². The molecule has 0 spiro atoms. The quantitative estimate of drug-likeness (QED) is 0.575. The van der Waals surface area contributed by atoms with Crippen LogP contribution in [-0.2, 0) is 19.1 Å². The normalized spacial score (nSPS) is 16.5. The number of carbonyl (C=O) groups excluding carboxylic acids is 4. The van der Waals surface area contributed by atoms with Crippen molar-refractivity contribution in [1.29, 1.82) is 0 Å². The van der Waals surface area contributed by atoms with Gasteiger partial charge in [-0.05, 0) is 41.5 Å². The molecule has 204 valence electrons. The summed E-state index contributed by atoms with van der Waals surface area (Å²) in [6.45, 7) is 19.4. The van der Waals surface area contributed by atoms with Crippen LogP contribution in [0.1, 0.15) is 75.7 Å². The van der Waals surface area contributed by atoms with Crippen LogP contribution < -0.4 is 0 Å². The highest BCUT2D eigenvalue weighted by Crippen LogP contribution is 2.13. The monoisotopic (exact) mass is 500 g/mol. The fourth-order valence-electron chi connectivity index (χ4n) is 3.38. The lowest BCUT2D eigenvalue weighted by Gasteiger charge is -2.35. The molecule has 0 atom stereocenters. The first kappa shape index (κ1) is 32.5. The van der Waals surface area contributed by atoms with Crippen molar-refractivity contribution < 1.29 is 28.7 Å². The van der Waals surface area contributed by atoms with Gasteiger partial charge in [-0.15, -0.1) is 0 Å². The van der Waals surface area contributed by atoms with E-state index in [-0.39, 0.29) is 31.4 Å². The SMILES string of the molecule is C.CCC(=O)N1CCN(C(=O)OC(C)(C)C)CC1.CCC(=O)N1CCN(C(=O)OC(C)(C)C)CC1. The molecule has 0 aromatic heterocycles. The molecule has 0 aromatic rings. The number of amides is 4. The molecule has 0 aromatic carbocycles. The molecule has 2 saturated heterocycles. The lowest BCUT2D eigenvalue weighted by atomic mass is 10.2. The Morgan fingerprint density at radius 1 is 0.543 bits per heavy atom. The van der Waals surface area contributed by atoms with Gasteiger partial charge in [0.05, 0.1) is 0 Å². The minimum absolute atomic E-state index is 0. The molecular weight excluding hydrogens is 452 g/mol. The molecule has 0 radical (unpaired) electrons. The minimum Gasteiger partial charge on any atom is -0.444 e. The van der Waals surface area contributed by atoms with Gasteiger partial charge in [-0.1, -0.05) is 21.3 Å². The van der Waals surface area contributed by atoms with Crippen LogP contribution >= 0.6 is 0 Å². The standard InChI is InChI=1S/2C12H22N2O3.CH4/c2*1-5-10(15)13-6-8-14(9-7-13)11(16)17-12(2,3)4;/h2*5-9H2,1-4H3;1H4. The van der Waals surface area contributed by atoms with Gasteiger partial charge >= 0.3 is 12.2 Å². The van der Waals surface area contributed by atoms with E-state index < -0.39 is 11.2 Å². The number of hydrogen-bond acceptors (Lipinski definition) is 6. The Hall–Kier alpha value is -2.52. The zero-order valence-electron chi connectivity index (χ0n) is 22.3. The molecule has 0 saturated carbocycles. The van der Waals surface area contributed by atoms with Crippen molar-refractivity contribution in [3.05, 3.63) is 0 Å². The van der Waals surface area contributed by atoms with Crippen molar-refractivity contribution in [2.24, 2.45) is 0 Å². The molecule has 2 heterocycles. The molecule has 0 unspecified atom stereocenters. The number of piperazine rings is 2. The Morgan fingerprint density at radius 2 is 0.771 bits per heavy atom. The lowest BCUT2D eigenvalue weighted by Crippen LogP contribution is -2.51. The van der Waals surface area contributed by atoms with Gasteiger partial charge in [0.2, 0.25) is 11.8 Å². The average Bonchev–Trinajstić information content (AvgIpc) is 2.76. The van der Waals surface area contributed by atoms with Crippen LogP contribution in [0.3, 0.4) is 0 Å². The largest absolute Gasteiger partial charge is 0.444 e. The number of hydrogen-bond donors (Lipinski definition) is 0. The second-order valence-electron chi connectivity index (χ2n) is 10.4. The van der Waals surface area contributed by atoms with Gasteiger partial charge in [0.15, 0.2) is 0 Å². The highest BCUT2D eigenvalue weighted by atomic mass is 16.6. The van der Waals surface area contributed by atoms with Gasteiger partial charge in [-0.25, -0.2) is 9.59 Å². The first-order chi connectivity index (χ1) is 15.7. The van der Waals surface area contributed by atoms with Gasteiger partial charge in [0.25, 0.3) is 0 Å². The predicted octanol–water partition coefficient (Wildman–Crippen LogP) is 3.59. The molecule has 2 aliphatic rings. The van der Waals surface area contributed by atoms with Crippen molar-refractivity contribution in [3.63, 3.8) is 0 Å². The maximum absolute atomic E-state index is 11.8. The van der Waals surface area contributed by atoms with Crippen LogP contribution in [-0.4, -0.2) is 107 Å². The molecule has 2 aliphatic heterocycles. The van der Waals surface area contributed by atoms with Gasteiger partial charge in [-0.3, -0.25) is 9.59 Å². The van der Waals surface area contributed by atoms with Gasteiger partial charge in [0.1, 0.15) is 11.2 Å². The first-order valence-electron chi connectivity index (χ1n) is 12.2. The van der Waals surface area contributed by atoms with E-state index in [4.69, 9.17) is 9.47 Å². The number of carbonyl (C=O) groups is 4. The third-order valence-corrected chi connectivity index (χ3v) is 5.17. The average molecular weight is 501 g/mol. The second-order valence-corrected chi connectivity index (χ2v) is 10.4. The Labute approximate surface area is 211 Å². The van der Waals surface area contributed by atoms with E-state index in [0.717, 1.165) is 0 Å². The Kier molecular flexibility index (Phi) is 13.1. The van der Waals surface area contributed by atoms with Gasteiger partial charge in [-0.2, -0.15) is 0 Å². The lowest BCUT2D eigenvalue weighted by molar-refractivity contribution is -0.133. The summed E-state index contributed by atoms with van der Waals surface area (Å²) in [5.41, 5.74) is -0.930. The minimum atomic E-state index is -0.465. The first-order valence-corrected chi connectivity index (χ1v) is 12.2. The molecule has 10 heteroatoms. The zero-order valence-corrected chi connectivity index (χ0v) is 22.3. The third kappa shape index (κ3) is 12.1. The number of ether oxygens (including phenoxy) is 2. The van der Waals surface area contributed by atoms with E-state index in [2.05, 4.69) is 0 Å². The summed E-state index contributed by atoms with van der Waals surface area (Å²) in [6, 6.07) is 0. The van der Waals surface area contributed by atoms with Crippen LogP contribution in [0.2, 0.25) is 0 Å². The number of nitrogens with zero attached hydrogens (tertiary/aromatic N) is 4. The summed E-state index contributed by atoms with van der Waals surface area (Å²) in [4.78, 5) is 53.3. The Balaban J connectivity index is 0.000000642. The van der Waals surface area contributed by atoms with Crippen molar-refractivity contribution in [1.82, 2.24) is 19.6 Å². The molecule has 0 bridgehead atoms. The maximum atomic E-state index is 11.8. The summed E-state index contributed by atoms with van der Waals surface area (Å²) in [7, 11) is 0. The third-order valence-electron chi connectivity index (χ3n) is 5.17. The molecule has 10 nitrogen and oxygen atoms in total. The van der Waals surface area contributed by atoms with Crippen LogP contribution in [0.5, 0.6) is 0 Å². The molecule has 0 N–H and O–H groups in total. The Bertz CT molecular complexity index is 638. The van der Waals surface area contributed by atoms with E-state index in [1.807, 2.05) is 55.4 Å². The second kappa shape index (κ2) is 14.1. The summed E-state index contributed by atoms with van der Waals surface area (Å²) < 4.78 is 10.6. The van der Waals surface area contributed by atoms with Crippen LogP contribution in [0.4, 0.5) is 9.59 Å². The Morgan fingerprint density at radius 3 is 0.971 bits per heavy atom. The molecule has 0 aliphatic carbocycles. The molecule has 2 fully saturated rings. The summed E-state index contributed by atoms with van der Waals surface area (Å²) in [5, 5.41) is 0. The van der Waals surface area contributed by atoms with E-state index in [9.17, 15) is 19.2 Å². The topological polar surface area (TPSA) is 99.7 Å². The van der Waals surface area contributed by atoms with E-state index >= 15 is 0 Å². The fourth-order valence-corrected chi connectivity index (χ4v) is 3.38. The molecule has 35 heavy (non-hydrogen) atoms. The van der Waals surface area contributed by atoms with Gasteiger partial charge in [0, 0.05) is 65.2 Å². The highest BCUT2D eigenvalue weighted by Gasteiger charge is 2.28. The van der Waals surface area contributed by atoms with Crippen LogP contribution in [0, 0.1) is 0 Å². The zero-order chi connectivity index (χ0) is 26.1. The van der Waals surface area contributed by atoms with Crippen molar-refractivity contribution in [3.8, 4) is 0 Å². The van der Waals surface area contributed by atoms with E-state index in [0.29, 0.717) is 65.2 Å². The van der Waals surface area contributed by atoms with Crippen LogP contribution in [0.25, 0.3) is 0 Å². The smallest absolute Gasteiger partial charge is 0.410 e. The summed E-state index contributed by atoms with van der Waals surface area (Å²) >= 11 is 0. The summed E-state index contributed by atoms with van der Waals surface area (Å²) in [5.74, 6) is 0.294. The van der Waals surface area contributed by atoms with E-state index in [1.165, 1.54) is 0 Å². The predicted molar refractivity (Wildman–Crippen MR) is 136 cm³/mol. The fraction of sp³-hybridized carbons (Fsp3) is 0.840. The van der Waals surface area contributed by atoms with Crippen molar-refractivity contribution >= 4 is 24.0 Å². The van der Waals surface area contributed by atoms with Crippen LogP contribution in [0.15, 0.2) is 0 Å². The summed E-state index contributed by atoms with van der Waals surface area (Å²) in [6.07, 6.45) is 0.459. The maximum Gasteiger partial charge on any atom is 0.410 e. The van der Waals surface area contributed by atoms with Crippen molar-refractivity contribution in [2.75, 3.05) is 52.4 Å². The molecule has 4 amide bonds. The molecule has 2 rings (SSSR count).